The Morgan fingerprint density at radius 1 is 1.38 bits per heavy atom. The summed E-state index contributed by atoms with van der Waals surface area (Å²) in [5, 5.41) is 3.10. The van der Waals surface area contributed by atoms with Gasteiger partial charge in [0.05, 0.1) is 12.5 Å². The van der Waals surface area contributed by atoms with Gasteiger partial charge in [0.25, 0.3) is 0 Å². The van der Waals surface area contributed by atoms with Crippen LogP contribution in [0.15, 0.2) is 18.2 Å². The minimum atomic E-state index is -0.325. The molecule has 1 unspecified atom stereocenters. The molecule has 5 heteroatoms. The molecular weight excluding hydrogens is 304 g/mol. The molecule has 2 amide bonds. The smallest absolute Gasteiger partial charge is 0.409 e. The van der Waals surface area contributed by atoms with Gasteiger partial charge < -0.3 is 15.0 Å². The van der Waals surface area contributed by atoms with Gasteiger partial charge in [-0.2, -0.15) is 0 Å². The second kappa shape index (κ2) is 8.18. The fourth-order valence-electron chi connectivity index (χ4n) is 3.14. The number of aryl methyl sites for hydroxylation is 1. The molecule has 1 heterocycles. The predicted octanol–water partition coefficient (Wildman–Crippen LogP) is 3.93. The van der Waals surface area contributed by atoms with Crippen LogP contribution in [0.5, 0.6) is 0 Å². The van der Waals surface area contributed by atoms with Crippen molar-refractivity contribution in [2.75, 3.05) is 25.0 Å². The molecule has 0 aromatic heterocycles. The Morgan fingerprint density at radius 2 is 2.12 bits per heavy atom. The highest BCUT2D eigenvalue weighted by Crippen LogP contribution is 2.28. The van der Waals surface area contributed by atoms with Crippen molar-refractivity contribution < 1.29 is 14.3 Å². The fourth-order valence-corrected chi connectivity index (χ4v) is 3.14. The molecule has 5 nitrogen and oxygen atoms in total. The van der Waals surface area contributed by atoms with E-state index in [9.17, 15) is 9.59 Å². The third-order valence-electron chi connectivity index (χ3n) is 4.49. The topological polar surface area (TPSA) is 58.6 Å². The van der Waals surface area contributed by atoms with Gasteiger partial charge in [0, 0.05) is 18.8 Å². The van der Waals surface area contributed by atoms with Gasteiger partial charge in [-0.05, 0) is 43.7 Å². The molecule has 1 aliphatic rings. The first-order valence-electron chi connectivity index (χ1n) is 8.76. The largest absolute Gasteiger partial charge is 0.450 e. The van der Waals surface area contributed by atoms with Crippen LogP contribution in [0.3, 0.4) is 0 Å². The summed E-state index contributed by atoms with van der Waals surface area (Å²) in [4.78, 5) is 26.3. The summed E-state index contributed by atoms with van der Waals surface area (Å²) >= 11 is 0. The molecule has 1 atom stereocenters. The molecule has 1 saturated heterocycles. The second-order valence-corrected chi connectivity index (χ2v) is 6.67. The van der Waals surface area contributed by atoms with E-state index >= 15 is 0 Å². The highest BCUT2D eigenvalue weighted by atomic mass is 16.6. The number of amides is 2. The van der Waals surface area contributed by atoms with Crippen molar-refractivity contribution in [2.45, 2.75) is 46.5 Å². The molecule has 1 aromatic rings. The SMILES string of the molecule is CCOC(=O)N1CCCC(C(=O)Nc2c(C)cccc2C(C)C)C1. The molecule has 0 spiro atoms. The van der Waals surface area contributed by atoms with E-state index in [2.05, 4.69) is 25.2 Å². The van der Waals surface area contributed by atoms with Gasteiger partial charge in [-0.3, -0.25) is 4.79 Å². The summed E-state index contributed by atoms with van der Waals surface area (Å²) < 4.78 is 5.05. The number of anilines is 1. The lowest BCUT2D eigenvalue weighted by molar-refractivity contribution is -0.121. The summed E-state index contributed by atoms with van der Waals surface area (Å²) in [6.07, 6.45) is 1.29. The highest BCUT2D eigenvalue weighted by Gasteiger charge is 2.29. The average Bonchev–Trinajstić information content (AvgIpc) is 2.56. The van der Waals surface area contributed by atoms with Crippen LogP contribution in [-0.2, 0) is 9.53 Å². The number of nitrogens with one attached hydrogen (secondary N) is 1. The second-order valence-electron chi connectivity index (χ2n) is 6.67. The number of nitrogens with zero attached hydrogens (tertiary/aromatic N) is 1. The molecular formula is C19H28N2O3. The van der Waals surface area contributed by atoms with Crippen LogP contribution in [0.1, 0.15) is 50.7 Å². The van der Waals surface area contributed by atoms with E-state index < -0.39 is 0 Å². The third kappa shape index (κ3) is 4.28. The summed E-state index contributed by atoms with van der Waals surface area (Å²) in [6.45, 7) is 9.47. The van der Waals surface area contributed by atoms with E-state index in [1.54, 1.807) is 11.8 Å². The Balaban J connectivity index is 2.09. The normalized spacial score (nSPS) is 17.7. The molecule has 24 heavy (non-hydrogen) atoms. The molecule has 0 aliphatic carbocycles. The Morgan fingerprint density at radius 3 is 2.79 bits per heavy atom. The zero-order valence-electron chi connectivity index (χ0n) is 15.1. The zero-order valence-corrected chi connectivity index (χ0v) is 15.1. The number of hydrogen-bond acceptors (Lipinski definition) is 3. The molecule has 1 aromatic carbocycles. The number of carbonyl (C=O) groups is 2. The maximum absolute atomic E-state index is 12.7. The predicted molar refractivity (Wildman–Crippen MR) is 95.2 cm³/mol. The van der Waals surface area contributed by atoms with Crippen molar-refractivity contribution in [1.82, 2.24) is 4.90 Å². The summed E-state index contributed by atoms with van der Waals surface area (Å²) in [5.41, 5.74) is 3.11. The van der Waals surface area contributed by atoms with E-state index in [1.165, 1.54) is 0 Å². The lowest BCUT2D eigenvalue weighted by atomic mass is 9.95. The van der Waals surface area contributed by atoms with Crippen LogP contribution >= 0.6 is 0 Å². The lowest BCUT2D eigenvalue weighted by Crippen LogP contribution is -2.44. The molecule has 2 rings (SSSR count). The summed E-state index contributed by atoms with van der Waals surface area (Å²) in [5.74, 6) is 0.130. The van der Waals surface area contributed by atoms with E-state index in [1.807, 2.05) is 19.1 Å². The van der Waals surface area contributed by atoms with E-state index in [0.29, 0.717) is 25.6 Å². The first-order chi connectivity index (χ1) is 11.4. The van der Waals surface area contributed by atoms with Crippen LogP contribution in [0.4, 0.5) is 10.5 Å². The molecule has 0 radical (unpaired) electrons. The number of likely N-dealkylation sites (tertiary alicyclic amines) is 1. The Bertz CT molecular complexity index is 598. The number of benzene rings is 1. The molecule has 1 aliphatic heterocycles. The summed E-state index contributed by atoms with van der Waals surface area (Å²) in [7, 11) is 0. The van der Waals surface area contributed by atoms with E-state index in [0.717, 1.165) is 29.7 Å². The van der Waals surface area contributed by atoms with Gasteiger partial charge in [0.2, 0.25) is 5.91 Å². The van der Waals surface area contributed by atoms with Crippen molar-refractivity contribution in [2.24, 2.45) is 5.92 Å². The van der Waals surface area contributed by atoms with Crippen molar-refractivity contribution in [3.8, 4) is 0 Å². The fraction of sp³-hybridized carbons (Fsp3) is 0.579. The minimum absolute atomic E-state index is 0.0137. The third-order valence-corrected chi connectivity index (χ3v) is 4.49. The van der Waals surface area contributed by atoms with Crippen molar-refractivity contribution in [3.63, 3.8) is 0 Å². The van der Waals surface area contributed by atoms with Crippen molar-refractivity contribution >= 4 is 17.7 Å². The number of hydrogen-bond donors (Lipinski definition) is 1. The number of carbonyl (C=O) groups excluding carboxylic acids is 2. The Hall–Kier alpha value is -2.04. The maximum atomic E-state index is 12.7. The van der Waals surface area contributed by atoms with Gasteiger partial charge >= 0.3 is 6.09 Å². The molecule has 0 bridgehead atoms. The first-order valence-corrected chi connectivity index (χ1v) is 8.76. The van der Waals surface area contributed by atoms with Gasteiger partial charge in [-0.25, -0.2) is 4.79 Å². The van der Waals surface area contributed by atoms with Gasteiger partial charge in [0.1, 0.15) is 0 Å². The molecule has 132 valence electrons. The van der Waals surface area contributed by atoms with E-state index in [4.69, 9.17) is 4.74 Å². The van der Waals surface area contributed by atoms with Gasteiger partial charge in [0.15, 0.2) is 0 Å². The number of para-hydroxylation sites is 1. The van der Waals surface area contributed by atoms with Crippen LogP contribution in [0.25, 0.3) is 0 Å². The van der Waals surface area contributed by atoms with Crippen LogP contribution in [-0.4, -0.2) is 36.6 Å². The molecule has 1 fully saturated rings. The number of ether oxygens (including phenoxy) is 1. The standard InChI is InChI=1S/C19H28N2O3/c1-5-24-19(23)21-11-7-9-15(12-21)18(22)20-17-14(4)8-6-10-16(17)13(2)3/h6,8,10,13,15H,5,7,9,11-12H2,1-4H3,(H,20,22). The van der Waals surface area contributed by atoms with Gasteiger partial charge in [-0.1, -0.05) is 32.0 Å². The van der Waals surface area contributed by atoms with E-state index in [-0.39, 0.29) is 17.9 Å². The first kappa shape index (κ1) is 18.3. The Kier molecular flexibility index (Phi) is 6.23. The number of piperidine rings is 1. The average molecular weight is 332 g/mol. The quantitative estimate of drug-likeness (QED) is 0.909. The molecule has 1 N–H and O–H groups in total. The maximum Gasteiger partial charge on any atom is 0.409 e. The highest BCUT2D eigenvalue weighted by molar-refractivity contribution is 5.94. The van der Waals surface area contributed by atoms with Gasteiger partial charge in [-0.15, -0.1) is 0 Å². The van der Waals surface area contributed by atoms with Crippen molar-refractivity contribution in [3.05, 3.63) is 29.3 Å². The Labute approximate surface area is 144 Å². The lowest BCUT2D eigenvalue weighted by Gasteiger charge is -2.31. The zero-order chi connectivity index (χ0) is 17.7. The van der Waals surface area contributed by atoms with Crippen LogP contribution in [0, 0.1) is 12.8 Å². The summed E-state index contributed by atoms with van der Waals surface area (Å²) in [6, 6.07) is 6.08. The monoisotopic (exact) mass is 332 g/mol. The van der Waals surface area contributed by atoms with Crippen molar-refractivity contribution in [1.29, 1.82) is 0 Å². The molecule has 0 saturated carbocycles. The minimum Gasteiger partial charge on any atom is -0.450 e. The van der Waals surface area contributed by atoms with Crippen LogP contribution < -0.4 is 5.32 Å². The number of rotatable bonds is 4. The van der Waals surface area contributed by atoms with Crippen LogP contribution in [0.2, 0.25) is 0 Å².